The summed E-state index contributed by atoms with van der Waals surface area (Å²) >= 11 is 7.08. The maximum absolute atomic E-state index is 12.6. The molecule has 0 radical (unpaired) electrons. The van der Waals surface area contributed by atoms with Crippen molar-refractivity contribution in [3.8, 4) is 0 Å². The molecule has 140 valence electrons. The first kappa shape index (κ1) is 18.8. The van der Waals surface area contributed by atoms with Crippen LogP contribution >= 0.6 is 23.6 Å². The highest BCUT2D eigenvalue weighted by molar-refractivity contribution is 7.80. The Morgan fingerprint density at radius 1 is 1.35 bits per heavy atom. The van der Waals surface area contributed by atoms with Crippen LogP contribution in [0.4, 0.5) is 10.7 Å². The lowest BCUT2D eigenvalue weighted by Crippen LogP contribution is -2.20. The van der Waals surface area contributed by atoms with Gasteiger partial charge < -0.3 is 15.4 Å². The lowest BCUT2D eigenvalue weighted by molar-refractivity contribution is 0.0527. The first-order valence-electron chi connectivity index (χ1n) is 8.89. The summed E-state index contributed by atoms with van der Waals surface area (Å²) in [6, 6.07) is 0. The van der Waals surface area contributed by atoms with Gasteiger partial charge >= 0.3 is 5.97 Å². The number of hydrogen-bond acceptors (Lipinski definition) is 5. The maximum atomic E-state index is 12.6. The number of fused-ring (bicyclic) bond motifs is 1. The SMILES string of the molecule is CCOC(=O)c1c(NC(=S)Nc2cn(C)nc2C)sc2c1CCCCC2. The van der Waals surface area contributed by atoms with Gasteiger partial charge in [0, 0.05) is 18.1 Å². The van der Waals surface area contributed by atoms with Crippen LogP contribution in [0.2, 0.25) is 0 Å². The molecule has 2 N–H and O–H groups in total. The zero-order valence-electron chi connectivity index (χ0n) is 15.3. The van der Waals surface area contributed by atoms with E-state index >= 15 is 0 Å². The van der Waals surface area contributed by atoms with Gasteiger partial charge in [-0.25, -0.2) is 4.79 Å². The number of carbonyl (C=O) groups is 1. The number of carbonyl (C=O) groups excluding carboxylic acids is 1. The molecule has 2 aromatic rings. The Hall–Kier alpha value is -1.93. The highest BCUT2D eigenvalue weighted by Crippen LogP contribution is 2.38. The summed E-state index contributed by atoms with van der Waals surface area (Å²) in [5.41, 5.74) is 3.50. The molecule has 1 aliphatic carbocycles. The third-order valence-electron chi connectivity index (χ3n) is 4.39. The van der Waals surface area contributed by atoms with E-state index < -0.39 is 0 Å². The van der Waals surface area contributed by atoms with E-state index in [2.05, 4.69) is 15.7 Å². The van der Waals surface area contributed by atoms with E-state index in [-0.39, 0.29) is 5.97 Å². The molecule has 2 heterocycles. The van der Waals surface area contributed by atoms with Gasteiger partial charge in [-0.05, 0) is 57.3 Å². The third-order valence-corrected chi connectivity index (χ3v) is 5.80. The number of nitrogens with one attached hydrogen (secondary N) is 2. The molecule has 0 amide bonds. The van der Waals surface area contributed by atoms with Gasteiger partial charge in [0.05, 0.1) is 23.6 Å². The number of rotatable bonds is 4. The molecule has 0 spiro atoms. The first-order valence-corrected chi connectivity index (χ1v) is 10.1. The molecule has 0 bridgehead atoms. The zero-order chi connectivity index (χ0) is 18.7. The number of aryl methyl sites for hydroxylation is 3. The standard InChI is InChI=1S/C18H24N4O2S2/c1-4-24-17(23)15-12-8-6-5-7-9-14(12)26-16(15)20-18(25)19-13-10-22(3)21-11(13)2/h10H,4-9H2,1-3H3,(H2,19,20,25). The molecular weight excluding hydrogens is 368 g/mol. The van der Waals surface area contributed by atoms with Gasteiger partial charge in [0.1, 0.15) is 5.00 Å². The molecule has 0 saturated carbocycles. The predicted octanol–water partition coefficient (Wildman–Crippen LogP) is 4.04. The minimum atomic E-state index is -0.269. The van der Waals surface area contributed by atoms with Gasteiger partial charge in [-0.15, -0.1) is 11.3 Å². The lowest BCUT2D eigenvalue weighted by Gasteiger charge is -2.11. The van der Waals surface area contributed by atoms with Gasteiger partial charge in [-0.1, -0.05) is 6.42 Å². The summed E-state index contributed by atoms with van der Waals surface area (Å²) in [7, 11) is 1.86. The predicted molar refractivity (Wildman–Crippen MR) is 109 cm³/mol. The van der Waals surface area contributed by atoms with E-state index in [0.29, 0.717) is 17.3 Å². The summed E-state index contributed by atoms with van der Waals surface area (Å²) in [6.07, 6.45) is 7.27. The minimum Gasteiger partial charge on any atom is -0.462 e. The molecule has 3 rings (SSSR count). The van der Waals surface area contributed by atoms with Crippen molar-refractivity contribution in [3.05, 3.63) is 27.9 Å². The number of esters is 1. The van der Waals surface area contributed by atoms with Crippen LogP contribution in [0.3, 0.4) is 0 Å². The van der Waals surface area contributed by atoms with E-state index in [4.69, 9.17) is 17.0 Å². The number of hydrogen-bond donors (Lipinski definition) is 2. The second-order valence-corrected chi connectivity index (χ2v) is 7.88. The van der Waals surface area contributed by atoms with Crippen molar-refractivity contribution in [2.75, 3.05) is 17.2 Å². The van der Waals surface area contributed by atoms with Gasteiger partial charge in [-0.3, -0.25) is 4.68 Å². The Morgan fingerprint density at radius 3 is 2.81 bits per heavy atom. The normalized spacial score (nSPS) is 13.7. The average molecular weight is 393 g/mol. The number of ether oxygens (including phenoxy) is 1. The van der Waals surface area contributed by atoms with Gasteiger partial charge in [0.15, 0.2) is 5.11 Å². The fraction of sp³-hybridized carbons (Fsp3) is 0.500. The molecule has 0 aliphatic heterocycles. The molecule has 0 unspecified atom stereocenters. The van der Waals surface area contributed by atoms with Gasteiger partial charge in [0.25, 0.3) is 0 Å². The van der Waals surface area contributed by atoms with E-state index in [1.807, 2.05) is 27.1 Å². The molecule has 0 saturated heterocycles. The monoisotopic (exact) mass is 392 g/mol. The molecular formula is C18H24N4O2S2. The van der Waals surface area contributed by atoms with Crippen LogP contribution in [0.25, 0.3) is 0 Å². The number of nitrogens with zero attached hydrogens (tertiary/aromatic N) is 2. The Morgan fingerprint density at radius 2 is 2.12 bits per heavy atom. The highest BCUT2D eigenvalue weighted by atomic mass is 32.1. The van der Waals surface area contributed by atoms with Crippen molar-refractivity contribution in [1.82, 2.24) is 9.78 Å². The summed E-state index contributed by atoms with van der Waals surface area (Å²) < 4.78 is 7.04. The average Bonchev–Trinajstić information content (AvgIpc) is 2.96. The van der Waals surface area contributed by atoms with E-state index in [0.717, 1.165) is 47.6 Å². The number of anilines is 2. The van der Waals surface area contributed by atoms with Gasteiger partial charge in [0.2, 0.25) is 0 Å². The molecule has 1 aliphatic rings. The van der Waals surface area contributed by atoms with Crippen molar-refractivity contribution in [2.45, 2.75) is 46.0 Å². The molecule has 26 heavy (non-hydrogen) atoms. The Labute approximate surface area is 162 Å². The van der Waals surface area contributed by atoms with Crippen molar-refractivity contribution in [1.29, 1.82) is 0 Å². The van der Waals surface area contributed by atoms with Crippen LogP contribution in [0.1, 0.15) is 52.7 Å². The molecule has 0 fully saturated rings. The fourth-order valence-corrected chi connectivity index (χ4v) is 4.79. The van der Waals surface area contributed by atoms with E-state index in [9.17, 15) is 4.79 Å². The summed E-state index contributed by atoms with van der Waals surface area (Å²) in [6.45, 7) is 4.11. The number of thiocarbonyl (C=S) groups is 1. The second-order valence-electron chi connectivity index (χ2n) is 6.37. The van der Waals surface area contributed by atoms with E-state index in [1.54, 1.807) is 16.0 Å². The second kappa shape index (κ2) is 8.18. The fourth-order valence-electron chi connectivity index (χ4n) is 3.23. The topological polar surface area (TPSA) is 68.2 Å². The van der Waals surface area contributed by atoms with Crippen molar-refractivity contribution >= 4 is 45.3 Å². The van der Waals surface area contributed by atoms with Gasteiger partial charge in [-0.2, -0.15) is 5.10 Å². The summed E-state index contributed by atoms with van der Waals surface area (Å²) in [5.74, 6) is -0.269. The van der Waals surface area contributed by atoms with Crippen LogP contribution in [-0.2, 0) is 24.6 Å². The Bertz CT molecular complexity index is 826. The molecule has 0 atom stereocenters. The van der Waals surface area contributed by atoms with Crippen molar-refractivity contribution in [3.63, 3.8) is 0 Å². The van der Waals surface area contributed by atoms with Crippen molar-refractivity contribution < 1.29 is 9.53 Å². The van der Waals surface area contributed by atoms with Crippen LogP contribution in [-0.4, -0.2) is 27.5 Å². The molecule has 0 aromatic carbocycles. The molecule has 8 heteroatoms. The highest BCUT2D eigenvalue weighted by Gasteiger charge is 2.26. The smallest absolute Gasteiger partial charge is 0.341 e. The lowest BCUT2D eigenvalue weighted by atomic mass is 10.1. The van der Waals surface area contributed by atoms with Crippen LogP contribution in [0, 0.1) is 6.92 Å². The van der Waals surface area contributed by atoms with Crippen LogP contribution < -0.4 is 10.6 Å². The number of aromatic nitrogens is 2. The molecule has 6 nitrogen and oxygen atoms in total. The molecule has 2 aromatic heterocycles. The third kappa shape index (κ3) is 4.07. The quantitative estimate of drug-likeness (QED) is 0.465. The largest absolute Gasteiger partial charge is 0.462 e. The maximum Gasteiger partial charge on any atom is 0.341 e. The van der Waals surface area contributed by atoms with Crippen LogP contribution in [0.5, 0.6) is 0 Å². The first-order chi connectivity index (χ1) is 12.5. The Kier molecular flexibility index (Phi) is 5.93. The van der Waals surface area contributed by atoms with Crippen LogP contribution in [0.15, 0.2) is 6.20 Å². The summed E-state index contributed by atoms with van der Waals surface area (Å²) in [5, 5.41) is 11.9. The minimum absolute atomic E-state index is 0.269. The number of thiophene rings is 1. The Balaban J connectivity index is 1.85. The zero-order valence-corrected chi connectivity index (χ0v) is 17.0. The van der Waals surface area contributed by atoms with E-state index in [1.165, 1.54) is 11.3 Å². The van der Waals surface area contributed by atoms with Crippen molar-refractivity contribution in [2.24, 2.45) is 7.05 Å². The summed E-state index contributed by atoms with van der Waals surface area (Å²) in [4.78, 5) is 13.8.